The number of nitrogens with one attached hydrogen (secondary N) is 1. The molecule has 0 amide bonds. The van der Waals surface area contributed by atoms with Crippen molar-refractivity contribution in [1.29, 1.82) is 0 Å². The lowest BCUT2D eigenvalue weighted by Crippen LogP contribution is -2.49. The van der Waals surface area contributed by atoms with Crippen molar-refractivity contribution in [2.24, 2.45) is 0 Å². The van der Waals surface area contributed by atoms with Crippen molar-refractivity contribution >= 4 is 27.3 Å². The van der Waals surface area contributed by atoms with Crippen molar-refractivity contribution in [3.8, 4) is 0 Å². The van der Waals surface area contributed by atoms with Gasteiger partial charge in [0.15, 0.2) is 0 Å². The number of nitrogens with two attached hydrogens (primary N) is 1. The van der Waals surface area contributed by atoms with Gasteiger partial charge in [-0.15, -0.1) is 0 Å². The quantitative estimate of drug-likeness (QED) is 0.738. The van der Waals surface area contributed by atoms with Crippen LogP contribution in [0.1, 0.15) is 31.2 Å². The summed E-state index contributed by atoms with van der Waals surface area (Å²) in [5.74, 6) is 0. The van der Waals surface area contributed by atoms with Crippen molar-refractivity contribution in [3.05, 3.63) is 22.7 Å². The van der Waals surface area contributed by atoms with Crippen molar-refractivity contribution < 1.29 is 13.5 Å². The minimum absolute atomic E-state index is 0.0802. The summed E-state index contributed by atoms with van der Waals surface area (Å²) in [7, 11) is -3.72. The fourth-order valence-corrected chi connectivity index (χ4v) is 4.29. The first-order chi connectivity index (χ1) is 9.30. The molecule has 0 unspecified atom stereocenters. The number of aliphatic hydroxyl groups excluding tert-OH is 1. The third-order valence-corrected chi connectivity index (χ3v) is 5.86. The SMILES string of the molecule is Cc1cc(S(=O)(=O)NC2(CO)CCCC2)cc(N)c1Cl. The Balaban J connectivity index is 2.36. The molecule has 1 aromatic rings. The van der Waals surface area contributed by atoms with Crippen molar-refractivity contribution in [1.82, 2.24) is 4.72 Å². The van der Waals surface area contributed by atoms with Gasteiger partial charge in [-0.25, -0.2) is 13.1 Å². The average Bonchev–Trinajstić information content (AvgIpc) is 2.83. The Labute approximate surface area is 124 Å². The predicted octanol–water partition coefficient (Wildman–Crippen LogP) is 1.81. The highest BCUT2D eigenvalue weighted by molar-refractivity contribution is 7.89. The Morgan fingerprint density at radius 2 is 2.00 bits per heavy atom. The molecule has 2 rings (SSSR count). The van der Waals surface area contributed by atoms with Gasteiger partial charge in [-0.3, -0.25) is 0 Å². The van der Waals surface area contributed by atoms with E-state index in [9.17, 15) is 13.5 Å². The largest absolute Gasteiger partial charge is 0.397 e. The highest BCUT2D eigenvalue weighted by atomic mass is 35.5. The zero-order valence-corrected chi connectivity index (χ0v) is 12.9. The van der Waals surface area contributed by atoms with E-state index in [2.05, 4.69) is 4.72 Å². The number of nitrogen functional groups attached to an aromatic ring is 1. The van der Waals surface area contributed by atoms with Gasteiger partial charge in [-0.05, 0) is 37.5 Å². The van der Waals surface area contributed by atoms with Crippen LogP contribution < -0.4 is 10.5 Å². The maximum atomic E-state index is 12.4. The minimum Gasteiger partial charge on any atom is -0.397 e. The lowest BCUT2D eigenvalue weighted by atomic mass is 10.0. The first-order valence-electron chi connectivity index (χ1n) is 6.50. The Kier molecular flexibility index (Phi) is 4.30. The molecule has 112 valence electrons. The average molecular weight is 319 g/mol. The highest BCUT2D eigenvalue weighted by Gasteiger charge is 2.37. The Hall–Kier alpha value is -0.820. The summed E-state index contributed by atoms with van der Waals surface area (Å²) in [6.07, 6.45) is 3.10. The van der Waals surface area contributed by atoms with Gasteiger partial charge in [-0.1, -0.05) is 24.4 Å². The maximum absolute atomic E-state index is 12.4. The van der Waals surface area contributed by atoms with E-state index in [4.69, 9.17) is 17.3 Å². The zero-order valence-electron chi connectivity index (χ0n) is 11.3. The van der Waals surface area contributed by atoms with E-state index in [1.54, 1.807) is 6.92 Å². The molecule has 1 saturated carbocycles. The van der Waals surface area contributed by atoms with Crippen LogP contribution >= 0.6 is 11.6 Å². The summed E-state index contributed by atoms with van der Waals surface area (Å²) in [5, 5.41) is 9.87. The van der Waals surface area contributed by atoms with Gasteiger partial charge in [0.05, 0.1) is 27.8 Å². The van der Waals surface area contributed by atoms with E-state index in [1.807, 2.05) is 0 Å². The number of hydrogen-bond acceptors (Lipinski definition) is 4. The van der Waals surface area contributed by atoms with Crippen LogP contribution in [0, 0.1) is 6.92 Å². The second-order valence-corrected chi connectivity index (χ2v) is 7.45. The molecule has 20 heavy (non-hydrogen) atoms. The van der Waals surface area contributed by atoms with Crippen LogP contribution in [0.2, 0.25) is 5.02 Å². The Morgan fingerprint density at radius 1 is 1.40 bits per heavy atom. The number of halogens is 1. The fourth-order valence-electron chi connectivity index (χ4n) is 2.61. The van der Waals surface area contributed by atoms with Gasteiger partial charge in [0, 0.05) is 0 Å². The van der Waals surface area contributed by atoms with Crippen LogP contribution in [0.3, 0.4) is 0 Å². The van der Waals surface area contributed by atoms with Gasteiger partial charge in [0.1, 0.15) is 0 Å². The van der Waals surface area contributed by atoms with Gasteiger partial charge in [0.25, 0.3) is 0 Å². The fraction of sp³-hybridized carbons (Fsp3) is 0.538. The molecule has 1 fully saturated rings. The number of benzene rings is 1. The van der Waals surface area contributed by atoms with E-state index in [0.29, 0.717) is 23.4 Å². The zero-order chi connectivity index (χ0) is 15.0. The molecule has 0 heterocycles. The first-order valence-corrected chi connectivity index (χ1v) is 8.36. The van der Waals surface area contributed by atoms with Crippen LogP contribution in [0.4, 0.5) is 5.69 Å². The monoisotopic (exact) mass is 318 g/mol. The van der Waals surface area contributed by atoms with Crippen LogP contribution in [0.25, 0.3) is 0 Å². The lowest BCUT2D eigenvalue weighted by Gasteiger charge is -2.27. The Morgan fingerprint density at radius 3 is 2.50 bits per heavy atom. The molecule has 5 nitrogen and oxygen atoms in total. The van der Waals surface area contributed by atoms with Crippen molar-refractivity contribution in [2.75, 3.05) is 12.3 Å². The van der Waals surface area contributed by atoms with Gasteiger partial charge >= 0.3 is 0 Å². The van der Waals surface area contributed by atoms with E-state index < -0.39 is 15.6 Å². The third-order valence-electron chi connectivity index (χ3n) is 3.78. The maximum Gasteiger partial charge on any atom is 0.241 e. The third kappa shape index (κ3) is 2.93. The molecule has 1 aliphatic carbocycles. The number of anilines is 1. The summed E-state index contributed by atoms with van der Waals surface area (Å²) in [6, 6.07) is 2.83. The molecular weight excluding hydrogens is 300 g/mol. The smallest absolute Gasteiger partial charge is 0.241 e. The number of sulfonamides is 1. The summed E-state index contributed by atoms with van der Waals surface area (Å²) in [5.41, 5.74) is 5.81. The molecule has 1 aliphatic rings. The number of aliphatic hydroxyl groups is 1. The van der Waals surface area contributed by atoms with E-state index in [-0.39, 0.29) is 17.2 Å². The van der Waals surface area contributed by atoms with E-state index >= 15 is 0 Å². The van der Waals surface area contributed by atoms with Gasteiger partial charge in [0.2, 0.25) is 10.0 Å². The molecule has 0 aliphatic heterocycles. The molecule has 0 atom stereocenters. The molecule has 7 heteroatoms. The summed E-state index contributed by atoms with van der Waals surface area (Å²) in [6.45, 7) is 1.50. The standard InChI is InChI=1S/C13H19ClN2O3S/c1-9-6-10(7-11(15)12(9)14)20(18,19)16-13(8-17)4-2-3-5-13/h6-7,16-17H,2-5,8,15H2,1H3. The molecule has 0 aromatic heterocycles. The van der Waals surface area contributed by atoms with E-state index in [1.165, 1.54) is 12.1 Å². The lowest BCUT2D eigenvalue weighted by molar-refractivity contribution is 0.185. The summed E-state index contributed by atoms with van der Waals surface area (Å²) < 4.78 is 27.5. The minimum atomic E-state index is -3.72. The topological polar surface area (TPSA) is 92.4 Å². The van der Waals surface area contributed by atoms with Crippen molar-refractivity contribution in [2.45, 2.75) is 43.0 Å². The first kappa shape index (κ1) is 15.6. The van der Waals surface area contributed by atoms with Crippen LogP contribution in [0.5, 0.6) is 0 Å². The molecule has 4 N–H and O–H groups in total. The molecular formula is C13H19ClN2O3S. The predicted molar refractivity (Wildman–Crippen MR) is 79.2 cm³/mol. The number of aryl methyl sites for hydroxylation is 1. The second-order valence-electron chi connectivity index (χ2n) is 5.39. The summed E-state index contributed by atoms with van der Waals surface area (Å²) in [4.78, 5) is 0.0802. The molecule has 1 aromatic carbocycles. The number of rotatable bonds is 4. The molecule has 0 spiro atoms. The number of hydrogen-bond donors (Lipinski definition) is 3. The van der Waals surface area contributed by atoms with Gasteiger partial charge < -0.3 is 10.8 Å². The van der Waals surface area contributed by atoms with E-state index in [0.717, 1.165) is 12.8 Å². The van der Waals surface area contributed by atoms with Crippen molar-refractivity contribution in [3.63, 3.8) is 0 Å². The van der Waals surface area contributed by atoms with Gasteiger partial charge in [-0.2, -0.15) is 0 Å². The van der Waals surface area contributed by atoms with Crippen LogP contribution in [-0.2, 0) is 10.0 Å². The Bertz CT molecular complexity index is 587. The normalized spacial score (nSPS) is 18.4. The summed E-state index contributed by atoms with van der Waals surface area (Å²) >= 11 is 5.94. The highest BCUT2D eigenvalue weighted by Crippen LogP contribution is 2.32. The molecule has 0 bridgehead atoms. The van der Waals surface area contributed by atoms with Crippen LogP contribution in [-0.4, -0.2) is 25.7 Å². The molecule has 0 saturated heterocycles. The molecule has 0 radical (unpaired) electrons. The second kappa shape index (κ2) is 5.52. The van der Waals surface area contributed by atoms with Crippen LogP contribution in [0.15, 0.2) is 17.0 Å².